The number of rotatable bonds is 4. The third kappa shape index (κ3) is 3.11. The summed E-state index contributed by atoms with van der Waals surface area (Å²) in [6.07, 6.45) is 2.90. The number of carboxylic acid groups (broad SMARTS) is 1. The molecule has 0 bridgehead atoms. The van der Waals surface area contributed by atoms with Crippen molar-refractivity contribution in [1.82, 2.24) is 4.98 Å². The van der Waals surface area contributed by atoms with E-state index in [2.05, 4.69) is 25.6 Å². The van der Waals surface area contributed by atoms with Gasteiger partial charge in [0.1, 0.15) is 9.09 Å². The molecule has 0 atom stereocenters. The van der Waals surface area contributed by atoms with Crippen LogP contribution in [0.15, 0.2) is 39.3 Å². The maximum Gasteiger partial charge on any atom is 0.345 e. The number of carboxylic acids is 1. The number of thiophene rings is 1. The molecule has 9 heteroatoms. The normalized spacial score (nSPS) is 11.2. The molecule has 0 unspecified atom stereocenters. The summed E-state index contributed by atoms with van der Waals surface area (Å²) >= 11 is 3.86. The lowest BCUT2D eigenvalue weighted by Gasteiger charge is -2.07. The third-order valence-corrected chi connectivity index (χ3v) is 5.64. The zero-order valence-electron chi connectivity index (χ0n) is 9.20. The number of sulfonamides is 1. The van der Waals surface area contributed by atoms with E-state index < -0.39 is 16.0 Å². The van der Waals surface area contributed by atoms with E-state index in [1.807, 2.05) is 0 Å². The van der Waals surface area contributed by atoms with Crippen molar-refractivity contribution in [2.45, 2.75) is 4.21 Å². The molecule has 0 fully saturated rings. The van der Waals surface area contributed by atoms with Crippen LogP contribution in [-0.2, 0) is 10.0 Å². The number of aromatic carboxylic acids is 1. The van der Waals surface area contributed by atoms with Gasteiger partial charge in [-0.15, -0.1) is 11.3 Å². The number of aromatic nitrogens is 1. The van der Waals surface area contributed by atoms with Crippen molar-refractivity contribution >= 4 is 48.9 Å². The Hall–Kier alpha value is -1.45. The first-order valence-corrected chi connectivity index (χ1v) is 7.95. The van der Waals surface area contributed by atoms with Crippen LogP contribution in [0.1, 0.15) is 9.67 Å². The van der Waals surface area contributed by atoms with E-state index in [0.29, 0.717) is 21.5 Å². The average Bonchev–Trinajstić information content (AvgIpc) is 2.82. The SMILES string of the molecule is O=C(O)c1ccc(S(=O)(=O)Nc2ccncc2Br)s1. The van der Waals surface area contributed by atoms with E-state index >= 15 is 0 Å². The number of nitrogens with zero attached hydrogens (tertiary/aromatic N) is 1. The molecule has 2 heterocycles. The Balaban J connectivity index is 2.32. The molecule has 0 saturated heterocycles. The van der Waals surface area contributed by atoms with Crippen LogP contribution < -0.4 is 4.72 Å². The molecule has 2 N–H and O–H groups in total. The van der Waals surface area contributed by atoms with Gasteiger partial charge in [0.15, 0.2) is 0 Å². The van der Waals surface area contributed by atoms with E-state index in [9.17, 15) is 13.2 Å². The minimum atomic E-state index is -3.80. The molecule has 0 spiro atoms. The fraction of sp³-hybridized carbons (Fsp3) is 0. The Morgan fingerprint density at radius 3 is 2.68 bits per heavy atom. The van der Waals surface area contributed by atoms with Crippen LogP contribution in [0.2, 0.25) is 0 Å². The minimum Gasteiger partial charge on any atom is -0.477 e. The molecule has 2 rings (SSSR count). The number of hydrogen-bond donors (Lipinski definition) is 2. The van der Waals surface area contributed by atoms with E-state index in [4.69, 9.17) is 5.11 Å². The van der Waals surface area contributed by atoms with Crippen LogP contribution in [-0.4, -0.2) is 24.5 Å². The summed E-state index contributed by atoms with van der Waals surface area (Å²) in [5.74, 6) is -1.16. The lowest BCUT2D eigenvalue weighted by atomic mass is 10.4. The number of carbonyl (C=O) groups is 1. The lowest BCUT2D eigenvalue weighted by molar-refractivity contribution is 0.0702. The predicted molar refractivity (Wildman–Crippen MR) is 74.0 cm³/mol. The molecule has 19 heavy (non-hydrogen) atoms. The maximum absolute atomic E-state index is 12.1. The third-order valence-electron chi connectivity index (χ3n) is 2.07. The molecule has 0 amide bonds. The van der Waals surface area contributed by atoms with Crippen LogP contribution in [0.5, 0.6) is 0 Å². The summed E-state index contributed by atoms with van der Waals surface area (Å²) in [6.45, 7) is 0. The molecule has 6 nitrogen and oxygen atoms in total. The maximum atomic E-state index is 12.1. The van der Waals surface area contributed by atoms with E-state index in [0.717, 1.165) is 0 Å². The first kappa shape index (κ1) is 14.0. The topological polar surface area (TPSA) is 96.4 Å². The van der Waals surface area contributed by atoms with Gasteiger partial charge in [0.2, 0.25) is 0 Å². The van der Waals surface area contributed by atoms with Gasteiger partial charge in [-0.2, -0.15) is 0 Å². The first-order chi connectivity index (χ1) is 8.90. The molecular weight excluding hydrogens is 356 g/mol. The van der Waals surface area contributed by atoms with Crippen molar-refractivity contribution in [2.75, 3.05) is 4.72 Å². The summed E-state index contributed by atoms with van der Waals surface area (Å²) in [6, 6.07) is 4.00. The van der Waals surface area contributed by atoms with Gasteiger partial charge >= 0.3 is 5.97 Å². The van der Waals surface area contributed by atoms with Gasteiger partial charge in [-0.3, -0.25) is 9.71 Å². The average molecular weight is 363 g/mol. The van der Waals surface area contributed by atoms with Crippen molar-refractivity contribution in [2.24, 2.45) is 0 Å². The molecule has 2 aromatic heterocycles. The van der Waals surface area contributed by atoms with Gasteiger partial charge in [0.05, 0.1) is 10.2 Å². The van der Waals surface area contributed by atoms with Crippen molar-refractivity contribution in [3.8, 4) is 0 Å². The standard InChI is InChI=1S/C10H7BrN2O4S2/c11-6-5-12-4-3-7(6)13-19(16,17)9-2-1-8(18-9)10(14)15/h1-5H,(H,12,13)(H,14,15). The molecule has 2 aromatic rings. The molecule has 0 aliphatic heterocycles. The molecule has 0 aromatic carbocycles. The number of nitrogens with one attached hydrogen (secondary N) is 1. The number of anilines is 1. The Bertz CT molecular complexity index is 727. The van der Waals surface area contributed by atoms with Crippen molar-refractivity contribution in [1.29, 1.82) is 0 Å². The predicted octanol–water partition coefficient (Wildman–Crippen LogP) is 2.40. The number of halogens is 1. The second-order valence-corrected chi connectivity index (χ2v) is 7.23. The summed E-state index contributed by atoms with van der Waals surface area (Å²) in [4.78, 5) is 14.5. The molecule has 0 saturated carbocycles. The van der Waals surface area contributed by atoms with E-state index in [1.54, 1.807) is 0 Å². The van der Waals surface area contributed by atoms with Crippen LogP contribution >= 0.6 is 27.3 Å². The molecule has 0 aliphatic rings. The number of hydrogen-bond acceptors (Lipinski definition) is 5. The van der Waals surface area contributed by atoms with Gasteiger partial charge < -0.3 is 5.11 Å². The number of pyridine rings is 1. The monoisotopic (exact) mass is 362 g/mol. The van der Waals surface area contributed by atoms with Crippen molar-refractivity contribution in [3.63, 3.8) is 0 Å². The van der Waals surface area contributed by atoms with E-state index in [-0.39, 0.29) is 9.09 Å². The minimum absolute atomic E-state index is 0.0332. The van der Waals surface area contributed by atoms with Gasteiger partial charge in [-0.25, -0.2) is 13.2 Å². The Labute approximate surface area is 121 Å². The summed E-state index contributed by atoms with van der Waals surface area (Å²) in [7, 11) is -3.80. The Morgan fingerprint density at radius 2 is 2.11 bits per heavy atom. The molecule has 0 radical (unpaired) electrons. The zero-order chi connectivity index (χ0) is 14.0. The van der Waals surface area contributed by atoms with Gasteiger partial charge in [0, 0.05) is 12.4 Å². The second-order valence-electron chi connectivity index (χ2n) is 3.38. The fourth-order valence-corrected chi connectivity index (χ4v) is 3.94. The molecular formula is C10H7BrN2O4S2. The smallest absolute Gasteiger partial charge is 0.345 e. The van der Waals surface area contributed by atoms with Crippen LogP contribution in [0.25, 0.3) is 0 Å². The van der Waals surface area contributed by atoms with Gasteiger partial charge in [-0.1, -0.05) is 0 Å². The summed E-state index contributed by atoms with van der Waals surface area (Å²) < 4.78 is 26.9. The first-order valence-electron chi connectivity index (χ1n) is 4.85. The van der Waals surface area contributed by atoms with Gasteiger partial charge in [0.25, 0.3) is 10.0 Å². The second kappa shape index (κ2) is 5.27. The van der Waals surface area contributed by atoms with E-state index in [1.165, 1.54) is 30.6 Å². The van der Waals surface area contributed by atoms with Crippen molar-refractivity contribution in [3.05, 3.63) is 39.9 Å². The highest BCUT2D eigenvalue weighted by Gasteiger charge is 2.19. The van der Waals surface area contributed by atoms with Crippen LogP contribution in [0, 0.1) is 0 Å². The zero-order valence-corrected chi connectivity index (χ0v) is 12.4. The van der Waals surface area contributed by atoms with Crippen LogP contribution in [0.4, 0.5) is 5.69 Å². The fourth-order valence-electron chi connectivity index (χ4n) is 1.23. The Morgan fingerprint density at radius 1 is 1.37 bits per heavy atom. The highest BCUT2D eigenvalue weighted by atomic mass is 79.9. The highest BCUT2D eigenvalue weighted by Crippen LogP contribution is 2.27. The molecule has 100 valence electrons. The highest BCUT2D eigenvalue weighted by molar-refractivity contribution is 9.10. The summed E-state index contributed by atoms with van der Waals surface area (Å²) in [5, 5.41) is 8.78. The van der Waals surface area contributed by atoms with Gasteiger partial charge in [-0.05, 0) is 34.1 Å². The quantitative estimate of drug-likeness (QED) is 0.870. The Kier molecular flexibility index (Phi) is 3.88. The van der Waals surface area contributed by atoms with Crippen molar-refractivity contribution < 1.29 is 18.3 Å². The molecule has 0 aliphatic carbocycles. The van der Waals surface area contributed by atoms with Crippen LogP contribution in [0.3, 0.4) is 0 Å². The summed E-state index contributed by atoms with van der Waals surface area (Å²) in [5.41, 5.74) is 0.334. The largest absolute Gasteiger partial charge is 0.477 e. The lowest BCUT2D eigenvalue weighted by Crippen LogP contribution is -2.11.